The van der Waals surface area contributed by atoms with Crippen LogP contribution >= 0.6 is 11.3 Å². The highest BCUT2D eigenvalue weighted by Gasteiger charge is 2.10. The van der Waals surface area contributed by atoms with E-state index < -0.39 is 5.97 Å². The Kier molecular flexibility index (Phi) is 6.28. The first kappa shape index (κ1) is 16.6. The van der Waals surface area contributed by atoms with Crippen LogP contribution in [0, 0.1) is 0 Å². The molecule has 0 atom stereocenters. The highest BCUT2D eigenvalue weighted by molar-refractivity contribution is 7.16. The normalized spacial score (nSPS) is 9.29. The number of nitrogens with zero attached hydrogens (tertiary/aromatic N) is 2. The van der Waals surface area contributed by atoms with Crippen molar-refractivity contribution in [2.45, 2.75) is 13.8 Å². The number of aromatic nitrogens is 2. The Balaban J connectivity index is 0.00000106. The van der Waals surface area contributed by atoms with E-state index >= 15 is 0 Å². The molecule has 0 aliphatic rings. The summed E-state index contributed by atoms with van der Waals surface area (Å²) in [6.07, 6.45) is 2.83. The molecule has 0 bridgehead atoms. The van der Waals surface area contributed by atoms with E-state index in [0.29, 0.717) is 16.4 Å². The number of carbonyl (C=O) groups is 2. The van der Waals surface area contributed by atoms with Crippen molar-refractivity contribution in [1.82, 2.24) is 15.3 Å². The van der Waals surface area contributed by atoms with Crippen LogP contribution in [0.3, 0.4) is 0 Å². The first-order valence-electron chi connectivity index (χ1n) is 6.24. The lowest BCUT2D eigenvalue weighted by molar-refractivity contribution is 0.0702. The van der Waals surface area contributed by atoms with Gasteiger partial charge in [-0.1, -0.05) is 13.8 Å². The van der Waals surface area contributed by atoms with Crippen LogP contribution in [0.4, 0.5) is 10.6 Å². The lowest BCUT2D eigenvalue weighted by atomic mass is 10.3. The number of urea groups is 1. The van der Waals surface area contributed by atoms with E-state index in [4.69, 9.17) is 5.11 Å². The summed E-state index contributed by atoms with van der Waals surface area (Å²) in [5.74, 6) is -0.604. The van der Waals surface area contributed by atoms with Gasteiger partial charge < -0.3 is 10.4 Å². The van der Waals surface area contributed by atoms with Crippen LogP contribution in [0.25, 0.3) is 10.6 Å². The zero-order chi connectivity index (χ0) is 15.8. The largest absolute Gasteiger partial charge is 0.477 e. The number of carboxylic acid groups (broad SMARTS) is 1. The number of amides is 2. The van der Waals surface area contributed by atoms with Crippen molar-refractivity contribution >= 4 is 29.2 Å². The standard InChI is InChI=1S/C11H10N4O3S.C2H6/c1-12-11(18)15-8-3-2-6(4-13-8)9-14-5-7(19-9)10(16)17;1-2/h2-5H,1H3,(H,16,17)(H2,12,13,15,18);1-2H3. The Morgan fingerprint density at radius 1 is 1.19 bits per heavy atom. The number of hydrogen-bond donors (Lipinski definition) is 3. The lowest BCUT2D eigenvalue weighted by Gasteiger charge is -2.03. The predicted octanol–water partition coefficient (Wildman–Crippen LogP) is 2.68. The Morgan fingerprint density at radius 3 is 2.38 bits per heavy atom. The third-order valence-electron chi connectivity index (χ3n) is 2.20. The van der Waals surface area contributed by atoms with E-state index in [-0.39, 0.29) is 10.9 Å². The van der Waals surface area contributed by atoms with Crippen molar-refractivity contribution in [1.29, 1.82) is 0 Å². The third-order valence-corrected chi connectivity index (χ3v) is 3.23. The number of carbonyl (C=O) groups excluding carboxylic acids is 1. The number of rotatable bonds is 3. The Morgan fingerprint density at radius 2 is 1.90 bits per heavy atom. The minimum atomic E-state index is -1.00. The zero-order valence-corrected chi connectivity index (χ0v) is 12.7. The molecule has 2 rings (SSSR count). The molecule has 2 aromatic heterocycles. The number of pyridine rings is 1. The number of aromatic carboxylic acids is 1. The molecule has 0 fully saturated rings. The van der Waals surface area contributed by atoms with Gasteiger partial charge in [-0.2, -0.15) is 0 Å². The van der Waals surface area contributed by atoms with Gasteiger partial charge in [0.05, 0.1) is 6.20 Å². The van der Waals surface area contributed by atoms with E-state index in [1.54, 1.807) is 12.1 Å². The molecule has 2 heterocycles. The van der Waals surface area contributed by atoms with Crippen LogP contribution in [-0.4, -0.2) is 34.1 Å². The summed E-state index contributed by atoms with van der Waals surface area (Å²) in [5, 5.41) is 14.3. The van der Waals surface area contributed by atoms with Crippen LogP contribution in [0.2, 0.25) is 0 Å². The molecule has 0 aromatic carbocycles. The molecule has 0 saturated carbocycles. The maximum Gasteiger partial charge on any atom is 0.347 e. The number of thiazole rings is 1. The SMILES string of the molecule is CC.CNC(=O)Nc1ccc(-c2ncc(C(=O)O)s2)cn1. The van der Waals surface area contributed by atoms with Crippen LogP contribution < -0.4 is 10.6 Å². The van der Waals surface area contributed by atoms with Crippen molar-refractivity contribution in [2.75, 3.05) is 12.4 Å². The van der Waals surface area contributed by atoms with Crippen LogP contribution in [0.5, 0.6) is 0 Å². The maximum atomic E-state index is 11.1. The molecule has 8 heteroatoms. The van der Waals surface area contributed by atoms with Crippen molar-refractivity contribution in [3.8, 4) is 10.6 Å². The van der Waals surface area contributed by atoms with Gasteiger partial charge in [-0.3, -0.25) is 5.32 Å². The highest BCUT2D eigenvalue weighted by atomic mass is 32.1. The molecule has 0 aliphatic heterocycles. The monoisotopic (exact) mass is 308 g/mol. The summed E-state index contributed by atoms with van der Waals surface area (Å²) in [4.78, 5) is 30.1. The van der Waals surface area contributed by atoms with Crippen LogP contribution in [0.1, 0.15) is 23.5 Å². The summed E-state index contributed by atoms with van der Waals surface area (Å²) in [7, 11) is 1.51. The van der Waals surface area contributed by atoms with E-state index in [1.807, 2.05) is 13.8 Å². The van der Waals surface area contributed by atoms with Gasteiger partial charge in [-0.05, 0) is 12.1 Å². The number of nitrogens with one attached hydrogen (secondary N) is 2. The van der Waals surface area contributed by atoms with E-state index in [9.17, 15) is 9.59 Å². The summed E-state index contributed by atoms with van der Waals surface area (Å²) in [5.41, 5.74) is 0.694. The van der Waals surface area contributed by atoms with Crippen molar-refractivity contribution in [3.63, 3.8) is 0 Å². The average molecular weight is 308 g/mol. The zero-order valence-electron chi connectivity index (χ0n) is 11.9. The summed E-state index contributed by atoms with van der Waals surface area (Å²) < 4.78 is 0. The molecule has 0 spiro atoms. The van der Waals surface area contributed by atoms with Gasteiger partial charge in [0.1, 0.15) is 15.7 Å². The first-order chi connectivity index (χ1) is 10.1. The van der Waals surface area contributed by atoms with Gasteiger partial charge in [-0.25, -0.2) is 19.6 Å². The molecule has 0 aliphatic carbocycles. The fraction of sp³-hybridized carbons (Fsp3) is 0.231. The molecule has 0 saturated heterocycles. The van der Waals surface area contributed by atoms with Gasteiger partial charge in [-0.15, -0.1) is 11.3 Å². The van der Waals surface area contributed by atoms with E-state index in [2.05, 4.69) is 20.6 Å². The highest BCUT2D eigenvalue weighted by Crippen LogP contribution is 2.25. The van der Waals surface area contributed by atoms with Crippen LogP contribution in [0.15, 0.2) is 24.5 Å². The number of carboxylic acids is 1. The van der Waals surface area contributed by atoms with E-state index in [1.165, 1.54) is 19.4 Å². The molecular weight excluding hydrogens is 292 g/mol. The van der Waals surface area contributed by atoms with Gasteiger partial charge in [0.2, 0.25) is 0 Å². The summed E-state index contributed by atoms with van der Waals surface area (Å²) in [6.45, 7) is 4.00. The average Bonchev–Trinajstić information content (AvgIpc) is 3.00. The van der Waals surface area contributed by atoms with E-state index in [0.717, 1.165) is 11.3 Å². The quantitative estimate of drug-likeness (QED) is 0.808. The molecule has 7 nitrogen and oxygen atoms in total. The predicted molar refractivity (Wildman–Crippen MR) is 81.7 cm³/mol. The maximum absolute atomic E-state index is 11.1. The first-order valence-corrected chi connectivity index (χ1v) is 7.06. The molecule has 0 radical (unpaired) electrons. The Bertz CT molecular complexity index is 610. The second-order valence-electron chi connectivity index (χ2n) is 3.47. The van der Waals surface area contributed by atoms with Crippen LogP contribution in [-0.2, 0) is 0 Å². The second-order valence-corrected chi connectivity index (χ2v) is 4.50. The fourth-order valence-electron chi connectivity index (χ4n) is 1.28. The molecule has 3 N–H and O–H groups in total. The summed E-state index contributed by atoms with van der Waals surface area (Å²) in [6, 6.07) is 2.97. The van der Waals surface area contributed by atoms with Gasteiger partial charge in [0.25, 0.3) is 0 Å². The third kappa shape index (κ3) is 4.53. The molecule has 2 aromatic rings. The Hall–Kier alpha value is -2.48. The molecule has 112 valence electrons. The molecule has 2 amide bonds. The summed E-state index contributed by atoms with van der Waals surface area (Å²) >= 11 is 1.07. The Labute approximate surface area is 126 Å². The molecule has 21 heavy (non-hydrogen) atoms. The van der Waals surface area contributed by atoms with Gasteiger partial charge in [0.15, 0.2) is 0 Å². The second kappa shape index (κ2) is 7.95. The topological polar surface area (TPSA) is 104 Å². The van der Waals surface area contributed by atoms with Crippen molar-refractivity contribution in [3.05, 3.63) is 29.4 Å². The molecule has 0 unspecified atom stereocenters. The van der Waals surface area contributed by atoms with Gasteiger partial charge >= 0.3 is 12.0 Å². The minimum Gasteiger partial charge on any atom is -0.477 e. The van der Waals surface area contributed by atoms with Gasteiger partial charge in [0, 0.05) is 18.8 Å². The number of anilines is 1. The fourth-order valence-corrected chi connectivity index (χ4v) is 2.02. The minimum absolute atomic E-state index is 0.169. The lowest BCUT2D eigenvalue weighted by Crippen LogP contribution is -2.24. The molecular formula is C13H16N4O3S. The van der Waals surface area contributed by atoms with Crippen molar-refractivity contribution < 1.29 is 14.7 Å². The smallest absolute Gasteiger partial charge is 0.347 e. The number of hydrogen-bond acceptors (Lipinski definition) is 5. The van der Waals surface area contributed by atoms with Crippen molar-refractivity contribution in [2.24, 2.45) is 0 Å².